The molecule has 1 aromatic heterocycles. The number of ether oxygens (including phenoxy) is 1. The predicted molar refractivity (Wildman–Crippen MR) is 83.4 cm³/mol. The molecule has 1 aromatic rings. The van der Waals surface area contributed by atoms with Gasteiger partial charge < -0.3 is 14.7 Å². The van der Waals surface area contributed by atoms with Crippen molar-refractivity contribution in [2.45, 2.75) is 39.0 Å². The maximum absolute atomic E-state index is 11.4. The van der Waals surface area contributed by atoms with Crippen LogP contribution in [0.1, 0.15) is 48.2 Å². The highest BCUT2D eigenvalue weighted by molar-refractivity contribution is 7.14. The fourth-order valence-corrected chi connectivity index (χ4v) is 2.63. The first kappa shape index (κ1) is 17.5. The van der Waals surface area contributed by atoms with Gasteiger partial charge in [0.1, 0.15) is 5.75 Å². The highest BCUT2D eigenvalue weighted by atomic mass is 32.1. The van der Waals surface area contributed by atoms with Crippen molar-refractivity contribution in [3.05, 3.63) is 15.8 Å². The number of carbonyl (C=O) groups excluding carboxylic acids is 1. The molecular formula is C15H23NO4S. The molecule has 5 nitrogen and oxygen atoms in total. The van der Waals surface area contributed by atoms with Crippen LogP contribution in [-0.4, -0.2) is 42.6 Å². The summed E-state index contributed by atoms with van der Waals surface area (Å²) in [5.41, 5.74) is -0.114. The van der Waals surface area contributed by atoms with Gasteiger partial charge in [0.05, 0.1) is 6.61 Å². The van der Waals surface area contributed by atoms with E-state index in [0.29, 0.717) is 25.2 Å². The SMILES string of the molecule is CN(C)C(=O)CCCOc1cc(C(C)(C)C)sc1C(=O)O. The predicted octanol–water partition coefficient (Wildman–Crippen LogP) is 2.99. The zero-order valence-corrected chi connectivity index (χ0v) is 14.0. The number of amides is 1. The minimum atomic E-state index is -0.977. The fourth-order valence-electron chi connectivity index (χ4n) is 1.63. The molecule has 0 saturated carbocycles. The maximum Gasteiger partial charge on any atom is 0.349 e. The van der Waals surface area contributed by atoms with Crippen molar-refractivity contribution >= 4 is 23.2 Å². The van der Waals surface area contributed by atoms with E-state index in [2.05, 4.69) is 0 Å². The van der Waals surface area contributed by atoms with Gasteiger partial charge in [-0.05, 0) is 17.9 Å². The van der Waals surface area contributed by atoms with E-state index in [1.165, 1.54) is 16.2 Å². The summed E-state index contributed by atoms with van der Waals surface area (Å²) in [6, 6.07) is 1.79. The van der Waals surface area contributed by atoms with Gasteiger partial charge in [-0.2, -0.15) is 0 Å². The Balaban J connectivity index is 2.68. The van der Waals surface area contributed by atoms with Crippen molar-refractivity contribution < 1.29 is 19.4 Å². The molecule has 0 spiro atoms. The number of hydrogen-bond acceptors (Lipinski definition) is 4. The first-order valence-corrected chi connectivity index (χ1v) is 7.65. The van der Waals surface area contributed by atoms with Gasteiger partial charge in [-0.25, -0.2) is 4.79 Å². The third-order valence-corrected chi connectivity index (χ3v) is 4.45. The quantitative estimate of drug-likeness (QED) is 0.820. The molecule has 0 fully saturated rings. The van der Waals surface area contributed by atoms with E-state index in [1.54, 1.807) is 20.2 Å². The first-order valence-electron chi connectivity index (χ1n) is 6.83. The lowest BCUT2D eigenvalue weighted by atomic mass is 9.95. The Bertz CT molecular complexity index is 514. The van der Waals surface area contributed by atoms with Crippen molar-refractivity contribution in [1.82, 2.24) is 4.90 Å². The summed E-state index contributed by atoms with van der Waals surface area (Å²) < 4.78 is 5.56. The average Bonchev–Trinajstić information content (AvgIpc) is 2.78. The van der Waals surface area contributed by atoms with Crippen LogP contribution < -0.4 is 4.74 Å². The molecule has 0 aliphatic carbocycles. The number of carboxylic acids is 1. The second-order valence-corrected chi connectivity index (χ2v) is 7.15. The van der Waals surface area contributed by atoms with Crippen LogP contribution in [0.5, 0.6) is 5.75 Å². The molecule has 0 saturated heterocycles. The van der Waals surface area contributed by atoms with Crippen LogP contribution in [0.2, 0.25) is 0 Å². The van der Waals surface area contributed by atoms with E-state index in [1.807, 2.05) is 20.8 Å². The largest absolute Gasteiger partial charge is 0.492 e. The Morgan fingerprint density at radius 1 is 1.33 bits per heavy atom. The van der Waals surface area contributed by atoms with E-state index < -0.39 is 5.97 Å². The van der Waals surface area contributed by atoms with Crippen molar-refractivity contribution in [3.8, 4) is 5.75 Å². The normalized spacial score (nSPS) is 11.3. The topological polar surface area (TPSA) is 66.8 Å². The van der Waals surface area contributed by atoms with Gasteiger partial charge in [-0.15, -0.1) is 11.3 Å². The summed E-state index contributed by atoms with van der Waals surface area (Å²) in [5.74, 6) is -0.539. The van der Waals surface area contributed by atoms with Gasteiger partial charge in [-0.1, -0.05) is 20.8 Å². The van der Waals surface area contributed by atoms with E-state index in [0.717, 1.165) is 4.88 Å². The minimum absolute atomic E-state index is 0.0396. The Labute approximate surface area is 129 Å². The molecule has 0 unspecified atom stereocenters. The van der Waals surface area contributed by atoms with E-state index in [-0.39, 0.29) is 16.2 Å². The molecule has 0 bridgehead atoms. The second kappa shape index (κ2) is 6.93. The molecule has 0 radical (unpaired) electrons. The molecule has 1 amide bonds. The summed E-state index contributed by atoms with van der Waals surface area (Å²) in [6.07, 6.45) is 0.961. The van der Waals surface area contributed by atoms with Crippen LogP contribution in [0, 0.1) is 0 Å². The number of thiophene rings is 1. The molecule has 0 atom stereocenters. The van der Waals surface area contributed by atoms with Gasteiger partial charge in [0.2, 0.25) is 5.91 Å². The first-order chi connectivity index (χ1) is 9.62. The fraction of sp³-hybridized carbons (Fsp3) is 0.600. The third-order valence-electron chi connectivity index (χ3n) is 2.92. The van der Waals surface area contributed by atoms with Gasteiger partial charge in [0.25, 0.3) is 0 Å². The molecular weight excluding hydrogens is 290 g/mol. The van der Waals surface area contributed by atoms with Crippen molar-refractivity contribution in [3.63, 3.8) is 0 Å². The third kappa shape index (κ3) is 5.04. The highest BCUT2D eigenvalue weighted by Crippen LogP contribution is 2.36. The van der Waals surface area contributed by atoms with E-state index in [9.17, 15) is 14.7 Å². The number of aromatic carboxylic acids is 1. The van der Waals surface area contributed by atoms with Crippen molar-refractivity contribution in [1.29, 1.82) is 0 Å². The summed E-state index contributed by atoms with van der Waals surface area (Å²) in [6.45, 7) is 6.43. The molecule has 1 heterocycles. The molecule has 21 heavy (non-hydrogen) atoms. The molecule has 0 aliphatic rings. The van der Waals surface area contributed by atoms with Crippen molar-refractivity contribution in [2.24, 2.45) is 0 Å². The Kier molecular flexibility index (Phi) is 5.78. The van der Waals surface area contributed by atoms with Gasteiger partial charge in [-0.3, -0.25) is 4.79 Å². The zero-order chi connectivity index (χ0) is 16.2. The minimum Gasteiger partial charge on any atom is -0.492 e. The lowest BCUT2D eigenvalue weighted by Gasteiger charge is -2.15. The van der Waals surface area contributed by atoms with Crippen LogP contribution in [0.4, 0.5) is 0 Å². The summed E-state index contributed by atoms with van der Waals surface area (Å²) in [4.78, 5) is 25.4. The monoisotopic (exact) mass is 313 g/mol. The van der Waals surface area contributed by atoms with Crippen LogP contribution >= 0.6 is 11.3 Å². The number of carbonyl (C=O) groups is 2. The summed E-state index contributed by atoms with van der Waals surface area (Å²) in [5, 5.41) is 9.23. The smallest absolute Gasteiger partial charge is 0.349 e. The van der Waals surface area contributed by atoms with E-state index in [4.69, 9.17) is 4.74 Å². The molecule has 1 N–H and O–H groups in total. The van der Waals surface area contributed by atoms with E-state index >= 15 is 0 Å². The number of nitrogens with zero attached hydrogens (tertiary/aromatic N) is 1. The van der Waals surface area contributed by atoms with Gasteiger partial charge in [0.15, 0.2) is 4.88 Å². The Morgan fingerprint density at radius 2 is 1.95 bits per heavy atom. The summed E-state index contributed by atoms with van der Waals surface area (Å²) >= 11 is 1.24. The lowest BCUT2D eigenvalue weighted by molar-refractivity contribution is -0.128. The van der Waals surface area contributed by atoms with Gasteiger partial charge in [0, 0.05) is 25.4 Å². The number of rotatable bonds is 6. The van der Waals surface area contributed by atoms with Crippen molar-refractivity contribution in [2.75, 3.05) is 20.7 Å². The second-order valence-electron chi connectivity index (χ2n) is 6.10. The molecule has 6 heteroatoms. The molecule has 0 aliphatic heterocycles. The maximum atomic E-state index is 11.4. The summed E-state index contributed by atoms with van der Waals surface area (Å²) in [7, 11) is 3.42. The Morgan fingerprint density at radius 3 is 2.43 bits per heavy atom. The van der Waals surface area contributed by atoms with Crippen LogP contribution in [-0.2, 0) is 10.2 Å². The van der Waals surface area contributed by atoms with Gasteiger partial charge >= 0.3 is 5.97 Å². The Hall–Kier alpha value is -1.56. The number of carboxylic acid groups (broad SMARTS) is 1. The zero-order valence-electron chi connectivity index (χ0n) is 13.2. The average molecular weight is 313 g/mol. The standard InChI is InChI=1S/C15H23NO4S/c1-15(2,3)11-9-10(13(21-11)14(18)19)20-8-6-7-12(17)16(4)5/h9H,6-8H2,1-5H3,(H,18,19). The molecule has 1 rings (SSSR count). The molecule has 0 aromatic carbocycles. The van der Waals surface area contributed by atoms with Crippen LogP contribution in [0.25, 0.3) is 0 Å². The number of hydrogen-bond donors (Lipinski definition) is 1. The molecule has 118 valence electrons. The van der Waals surface area contributed by atoms with Crippen LogP contribution in [0.3, 0.4) is 0 Å². The highest BCUT2D eigenvalue weighted by Gasteiger charge is 2.23. The van der Waals surface area contributed by atoms with Crippen LogP contribution in [0.15, 0.2) is 6.07 Å². The lowest BCUT2D eigenvalue weighted by Crippen LogP contribution is -2.21.